The summed E-state index contributed by atoms with van der Waals surface area (Å²) in [6.07, 6.45) is 0.738. The van der Waals surface area contributed by atoms with Crippen LogP contribution in [0.5, 0.6) is 0 Å². The Balaban J connectivity index is 2.65. The van der Waals surface area contributed by atoms with Crippen molar-refractivity contribution in [3.63, 3.8) is 0 Å². The molecule has 2 aromatic rings. The van der Waals surface area contributed by atoms with Gasteiger partial charge in [0.25, 0.3) is 0 Å². The first-order chi connectivity index (χ1) is 8.93. The minimum Gasteiger partial charge on any atom is -0.298 e. The maximum Gasteiger partial charge on any atom is 0.159 e. The van der Waals surface area contributed by atoms with E-state index in [4.69, 9.17) is 11.6 Å². The highest BCUT2D eigenvalue weighted by molar-refractivity contribution is 6.32. The van der Waals surface area contributed by atoms with Crippen molar-refractivity contribution in [1.29, 1.82) is 0 Å². The smallest absolute Gasteiger partial charge is 0.159 e. The van der Waals surface area contributed by atoms with Crippen LogP contribution in [0.15, 0.2) is 6.07 Å². The Labute approximate surface area is 116 Å². The van der Waals surface area contributed by atoms with Gasteiger partial charge in [-0.05, 0) is 19.8 Å². The highest BCUT2D eigenvalue weighted by atomic mass is 35.5. The van der Waals surface area contributed by atoms with Crippen LogP contribution in [-0.4, -0.2) is 26.0 Å². The second-order valence-electron chi connectivity index (χ2n) is 4.69. The molecule has 6 heteroatoms. The summed E-state index contributed by atoms with van der Waals surface area (Å²) >= 11 is 6.22. The number of aldehydes is 1. The first-order valence-electron chi connectivity index (χ1n) is 6.00. The van der Waals surface area contributed by atoms with E-state index in [-0.39, 0.29) is 11.1 Å². The van der Waals surface area contributed by atoms with E-state index >= 15 is 0 Å². The van der Waals surface area contributed by atoms with Crippen molar-refractivity contribution in [2.75, 3.05) is 0 Å². The van der Waals surface area contributed by atoms with E-state index in [9.17, 15) is 4.79 Å². The number of halogens is 1. The van der Waals surface area contributed by atoms with Gasteiger partial charge in [0.2, 0.25) is 0 Å². The first kappa shape index (κ1) is 13.7. The van der Waals surface area contributed by atoms with Gasteiger partial charge < -0.3 is 0 Å². The van der Waals surface area contributed by atoms with Gasteiger partial charge in [-0.15, -0.1) is 0 Å². The first-order valence-corrected chi connectivity index (χ1v) is 6.38. The average Bonchev–Trinajstić information content (AvgIpc) is 2.65. The zero-order valence-corrected chi connectivity index (χ0v) is 12.1. The monoisotopic (exact) mass is 278 g/mol. The average molecular weight is 279 g/mol. The fraction of sp³-hybridized carbons (Fsp3) is 0.385. The van der Waals surface area contributed by atoms with E-state index in [1.165, 1.54) is 4.68 Å². The van der Waals surface area contributed by atoms with Crippen LogP contribution in [-0.2, 0) is 0 Å². The summed E-state index contributed by atoms with van der Waals surface area (Å²) in [4.78, 5) is 19.7. The van der Waals surface area contributed by atoms with Crippen LogP contribution < -0.4 is 0 Å². The molecule has 2 heterocycles. The summed E-state index contributed by atoms with van der Waals surface area (Å²) in [5.41, 5.74) is 1.92. The van der Waals surface area contributed by atoms with Gasteiger partial charge in [0, 0.05) is 11.8 Å². The van der Waals surface area contributed by atoms with Crippen molar-refractivity contribution < 1.29 is 4.79 Å². The number of aromatic nitrogens is 4. The van der Waals surface area contributed by atoms with Gasteiger partial charge in [-0.1, -0.05) is 25.4 Å². The summed E-state index contributed by atoms with van der Waals surface area (Å²) in [5.74, 6) is 1.33. The highest BCUT2D eigenvalue weighted by Crippen LogP contribution is 2.26. The number of aryl methyl sites for hydroxylation is 2. The van der Waals surface area contributed by atoms with Crippen LogP contribution >= 0.6 is 11.6 Å². The number of nitrogens with zero attached hydrogens (tertiary/aromatic N) is 4. The molecule has 19 heavy (non-hydrogen) atoms. The van der Waals surface area contributed by atoms with Gasteiger partial charge in [0.05, 0.1) is 11.3 Å². The molecule has 0 spiro atoms. The highest BCUT2D eigenvalue weighted by Gasteiger charge is 2.20. The number of carbonyl (C=O) groups excluding carboxylic acids is 1. The lowest BCUT2D eigenvalue weighted by Gasteiger charge is -2.04. The SMILES string of the molecule is Cc1cc(-n2nc(C(C)C)c(C=O)c2Cl)nc(C)n1. The van der Waals surface area contributed by atoms with Gasteiger partial charge in [0.1, 0.15) is 11.0 Å². The molecule has 0 amide bonds. The van der Waals surface area contributed by atoms with Crippen molar-refractivity contribution in [1.82, 2.24) is 19.7 Å². The molecule has 0 radical (unpaired) electrons. The Bertz CT molecular complexity index is 614. The molecule has 0 N–H and O–H groups in total. The van der Waals surface area contributed by atoms with E-state index in [1.54, 1.807) is 13.0 Å². The lowest BCUT2D eigenvalue weighted by molar-refractivity contribution is 0.112. The number of carbonyl (C=O) groups is 1. The fourth-order valence-electron chi connectivity index (χ4n) is 1.92. The third-order valence-electron chi connectivity index (χ3n) is 2.73. The van der Waals surface area contributed by atoms with Crippen LogP contribution in [0, 0.1) is 13.8 Å². The topological polar surface area (TPSA) is 60.7 Å². The third-order valence-corrected chi connectivity index (χ3v) is 3.09. The van der Waals surface area contributed by atoms with Gasteiger partial charge in [-0.3, -0.25) is 4.79 Å². The van der Waals surface area contributed by atoms with E-state index in [2.05, 4.69) is 15.1 Å². The van der Waals surface area contributed by atoms with Gasteiger partial charge in [-0.25, -0.2) is 14.6 Å². The lowest BCUT2D eigenvalue weighted by atomic mass is 10.1. The van der Waals surface area contributed by atoms with Crippen LogP contribution in [0.2, 0.25) is 5.15 Å². The molecule has 0 aliphatic heterocycles. The molecule has 0 bridgehead atoms. The van der Waals surface area contributed by atoms with Crippen LogP contribution in [0.3, 0.4) is 0 Å². The van der Waals surface area contributed by atoms with Crippen LogP contribution in [0.4, 0.5) is 0 Å². The molecular formula is C13H15ClN4O. The standard InChI is InChI=1S/C13H15ClN4O/c1-7(2)12-10(6-19)13(14)18(17-12)11-5-8(3)15-9(4)16-11/h5-7H,1-4H3. The summed E-state index contributed by atoms with van der Waals surface area (Å²) in [6, 6.07) is 1.78. The Morgan fingerprint density at radius 1 is 1.32 bits per heavy atom. The predicted molar refractivity (Wildman–Crippen MR) is 73.1 cm³/mol. The van der Waals surface area contributed by atoms with E-state index in [0.717, 1.165) is 12.0 Å². The molecule has 100 valence electrons. The minimum atomic E-state index is 0.114. The lowest BCUT2D eigenvalue weighted by Crippen LogP contribution is -2.04. The molecule has 0 saturated carbocycles. The van der Waals surface area contributed by atoms with Gasteiger partial charge in [-0.2, -0.15) is 5.10 Å². The Morgan fingerprint density at radius 2 is 2.00 bits per heavy atom. The second-order valence-corrected chi connectivity index (χ2v) is 5.05. The Kier molecular flexibility index (Phi) is 3.66. The number of hydrogen-bond donors (Lipinski definition) is 0. The maximum absolute atomic E-state index is 11.2. The summed E-state index contributed by atoms with van der Waals surface area (Å²) in [7, 11) is 0. The Morgan fingerprint density at radius 3 is 2.47 bits per heavy atom. The van der Waals surface area contributed by atoms with Crippen molar-refractivity contribution in [2.24, 2.45) is 0 Å². The molecule has 0 aliphatic rings. The van der Waals surface area contributed by atoms with E-state index < -0.39 is 0 Å². The molecular weight excluding hydrogens is 264 g/mol. The van der Waals surface area contributed by atoms with Gasteiger partial charge in [0.15, 0.2) is 12.1 Å². The van der Waals surface area contributed by atoms with Crippen molar-refractivity contribution in [2.45, 2.75) is 33.6 Å². The number of hydrogen-bond acceptors (Lipinski definition) is 4. The molecule has 0 saturated heterocycles. The van der Waals surface area contributed by atoms with Crippen molar-refractivity contribution in [3.05, 3.63) is 34.0 Å². The second kappa shape index (κ2) is 5.09. The predicted octanol–water partition coefficient (Wildman–Crippen LogP) is 2.87. The molecule has 0 aliphatic carbocycles. The molecule has 2 aromatic heterocycles. The third kappa shape index (κ3) is 2.51. The van der Waals surface area contributed by atoms with E-state index in [0.29, 0.717) is 22.9 Å². The molecule has 0 unspecified atom stereocenters. The zero-order chi connectivity index (χ0) is 14.2. The summed E-state index contributed by atoms with van der Waals surface area (Å²) < 4.78 is 1.49. The molecule has 2 rings (SSSR count). The largest absolute Gasteiger partial charge is 0.298 e. The summed E-state index contributed by atoms with van der Waals surface area (Å²) in [5, 5.41) is 4.68. The molecule has 0 aromatic carbocycles. The number of rotatable bonds is 3. The zero-order valence-electron chi connectivity index (χ0n) is 11.3. The van der Waals surface area contributed by atoms with Crippen LogP contribution in [0.25, 0.3) is 5.82 Å². The Hall–Kier alpha value is -1.75. The normalized spacial score (nSPS) is 11.1. The minimum absolute atomic E-state index is 0.114. The fourth-order valence-corrected chi connectivity index (χ4v) is 2.18. The van der Waals surface area contributed by atoms with Crippen LogP contribution in [0.1, 0.15) is 47.3 Å². The summed E-state index contributed by atoms with van der Waals surface area (Å²) in [6.45, 7) is 7.61. The molecule has 0 atom stereocenters. The van der Waals surface area contributed by atoms with E-state index in [1.807, 2.05) is 20.8 Å². The van der Waals surface area contributed by atoms with Crippen molar-refractivity contribution >= 4 is 17.9 Å². The van der Waals surface area contributed by atoms with Crippen molar-refractivity contribution in [3.8, 4) is 5.82 Å². The quantitative estimate of drug-likeness (QED) is 0.810. The molecule has 5 nitrogen and oxygen atoms in total. The maximum atomic E-state index is 11.2. The molecule has 0 fully saturated rings. The van der Waals surface area contributed by atoms with Gasteiger partial charge >= 0.3 is 0 Å².